The van der Waals surface area contributed by atoms with Gasteiger partial charge in [0, 0.05) is 19.0 Å². The Hall–Kier alpha value is -0.920. The Kier molecular flexibility index (Phi) is 3.74. The van der Waals surface area contributed by atoms with Gasteiger partial charge in [0.2, 0.25) is 0 Å². The molecule has 0 amide bonds. The van der Waals surface area contributed by atoms with Gasteiger partial charge in [-0.15, -0.1) is 11.3 Å². The normalized spacial score (nSPS) is 16.8. The van der Waals surface area contributed by atoms with Crippen LogP contribution in [0.2, 0.25) is 0 Å². The molecule has 5 nitrogen and oxygen atoms in total. The van der Waals surface area contributed by atoms with Gasteiger partial charge in [-0.2, -0.15) is 4.31 Å². The number of sulfonamides is 1. The third kappa shape index (κ3) is 2.57. The van der Waals surface area contributed by atoms with Crippen LogP contribution >= 0.6 is 11.3 Å². The maximum absolute atomic E-state index is 12.2. The van der Waals surface area contributed by atoms with Gasteiger partial charge in [0.1, 0.15) is 4.21 Å². The van der Waals surface area contributed by atoms with Crippen LogP contribution in [0.4, 0.5) is 0 Å². The molecule has 0 aromatic carbocycles. The van der Waals surface area contributed by atoms with Crippen molar-refractivity contribution in [2.75, 3.05) is 13.6 Å². The summed E-state index contributed by atoms with van der Waals surface area (Å²) in [6.07, 6.45) is 3.32. The zero-order valence-corrected chi connectivity index (χ0v) is 11.6. The van der Waals surface area contributed by atoms with Crippen molar-refractivity contribution in [3.63, 3.8) is 0 Å². The maximum atomic E-state index is 12.2. The van der Waals surface area contributed by atoms with E-state index in [1.165, 1.54) is 22.2 Å². The van der Waals surface area contributed by atoms with Crippen molar-refractivity contribution in [1.29, 1.82) is 0 Å². The highest BCUT2D eigenvalue weighted by Crippen LogP contribution is 2.29. The number of hydrogen-bond donors (Lipinski definition) is 1. The van der Waals surface area contributed by atoms with E-state index in [2.05, 4.69) is 0 Å². The molecule has 1 aromatic rings. The highest BCUT2D eigenvalue weighted by atomic mass is 32.2. The Morgan fingerprint density at radius 3 is 2.67 bits per heavy atom. The largest absolute Gasteiger partial charge is 0.478 e. The minimum Gasteiger partial charge on any atom is -0.478 e. The van der Waals surface area contributed by atoms with Crippen LogP contribution in [0.3, 0.4) is 0 Å². The molecule has 1 aliphatic carbocycles. The van der Waals surface area contributed by atoms with Crippen LogP contribution in [0.25, 0.3) is 0 Å². The van der Waals surface area contributed by atoms with Crippen molar-refractivity contribution in [3.8, 4) is 0 Å². The molecule has 1 aliphatic rings. The van der Waals surface area contributed by atoms with Crippen molar-refractivity contribution in [1.82, 2.24) is 4.31 Å². The number of hydrogen-bond acceptors (Lipinski definition) is 4. The molecule has 0 radical (unpaired) electrons. The Morgan fingerprint density at radius 2 is 2.22 bits per heavy atom. The number of carboxylic acids is 1. The van der Waals surface area contributed by atoms with Crippen molar-refractivity contribution in [2.45, 2.75) is 23.5 Å². The van der Waals surface area contributed by atoms with Crippen LogP contribution < -0.4 is 0 Å². The third-order valence-electron chi connectivity index (χ3n) is 3.23. The topological polar surface area (TPSA) is 74.7 Å². The number of carbonyl (C=O) groups is 1. The molecule has 0 unspecified atom stereocenters. The molecule has 1 saturated carbocycles. The molecule has 1 fully saturated rings. The van der Waals surface area contributed by atoms with Crippen LogP contribution in [0.5, 0.6) is 0 Å². The van der Waals surface area contributed by atoms with E-state index in [-0.39, 0.29) is 9.77 Å². The van der Waals surface area contributed by atoms with Crippen molar-refractivity contribution < 1.29 is 18.3 Å². The summed E-state index contributed by atoms with van der Waals surface area (Å²) in [6.45, 7) is 0.517. The predicted octanol–water partition coefficient (Wildman–Crippen LogP) is 1.87. The first-order chi connectivity index (χ1) is 8.41. The fourth-order valence-corrected chi connectivity index (χ4v) is 4.46. The summed E-state index contributed by atoms with van der Waals surface area (Å²) < 4.78 is 25.8. The molecular formula is C11H15NO4S2. The number of nitrogens with zero attached hydrogens (tertiary/aromatic N) is 1. The van der Waals surface area contributed by atoms with Gasteiger partial charge in [-0.1, -0.05) is 6.42 Å². The van der Waals surface area contributed by atoms with Crippen LogP contribution in [0.1, 0.15) is 29.6 Å². The summed E-state index contributed by atoms with van der Waals surface area (Å²) in [5.41, 5.74) is 0.0237. The summed E-state index contributed by atoms with van der Waals surface area (Å²) in [7, 11) is -1.99. The summed E-state index contributed by atoms with van der Waals surface area (Å²) >= 11 is 0.955. The molecule has 7 heteroatoms. The van der Waals surface area contributed by atoms with Crippen molar-refractivity contribution >= 4 is 27.3 Å². The molecule has 1 heterocycles. The summed E-state index contributed by atoms with van der Waals surface area (Å²) in [5.74, 6) is -0.655. The van der Waals surface area contributed by atoms with E-state index in [9.17, 15) is 13.2 Å². The van der Waals surface area contributed by atoms with Crippen LogP contribution in [-0.4, -0.2) is 37.4 Å². The molecule has 0 atom stereocenters. The average Bonchev–Trinajstić information content (AvgIpc) is 2.72. The molecule has 0 aliphatic heterocycles. The first kappa shape index (κ1) is 13.5. The average molecular weight is 289 g/mol. The zero-order chi connectivity index (χ0) is 13.3. The van der Waals surface area contributed by atoms with E-state index in [1.54, 1.807) is 7.05 Å². The lowest BCUT2D eigenvalue weighted by atomic mass is 9.86. The highest BCUT2D eigenvalue weighted by molar-refractivity contribution is 7.91. The predicted molar refractivity (Wildman–Crippen MR) is 68.4 cm³/mol. The Balaban J connectivity index is 2.15. The van der Waals surface area contributed by atoms with E-state index >= 15 is 0 Å². The molecule has 18 heavy (non-hydrogen) atoms. The van der Waals surface area contributed by atoms with Gasteiger partial charge in [-0.25, -0.2) is 13.2 Å². The number of carboxylic acid groups (broad SMARTS) is 1. The Bertz CT molecular complexity index is 545. The van der Waals surface area contributed by atoms with E-state index < -0.39 is 16.0 Å². The lowest BCUT2D eigenvalue weighted by Crippen LogP contribution is -2.33. The molecular weight excluding hydrogens is 274 g/mol. The Labute approximate surface area is 110 Å². The fraction of sp³-hybridized carbons (Fsp3) is 0.545. The smallest absolute Gasteiger partial charge is 0.336 e. The third-order valence-corrected chi connectivity index (χ3v) is 6.47. The first-order valence-electron chi connectivity index (χ1n) is 5.69. The summed E-state index contributed by atoms with van der Waals surface area (Å²) in [4.78, 5) is 10.7. The quantitative estimate of drug-likeness (QED) is 0.898. The Morgan fingerprint density at radius 1 is 1.56 bits per heavy atom. The van der Waals surface area contributed by atoms with Gasteiger partial charge in [0.05, 0.1) is 5.56 Å². The molecule has 0 bridgehead atoms. The van der Waals surface area contributed by atoms with Gasteiger partial charge in [-0.05, 0) is 24.8 Å². The minimum absolute atomic E-state index is 0.0237. The monoisotopic (exact) mass is 289 g/mol. The maximum Gasteiger partial charge on any atom is 0.336 e. The van der Waals surface area contributed by atoms with Crippen molar-refractivity contribution in [3.05, 3.63) is 17.0 Å². The van der Waals surface area contributed by atoms with Gasteiger partial charge in [0.25, 0.3) is 10.0 Å². The first-order valence-corrected chi connectivity index (χ1v) is 8.01. The second-order valence-corrected chi connectivity index (χ2v) is 7.72. The van der Waals surface area contributed by atoms with Gasteiger partial charge < -0.3 is 5.11 Å². The molecule has 1 aromatic heterocycles. The van der Waals surface area contributed by atoms with Gasteiger partial charge in [-0.3, -0.25) is 0 Å². The highest BCUT2D eigenvalue weighted by Gasteiger charge is 2.28. The molecule has 0 saturated heterocycles. The van der Waals surface area contributed by atoms with Gasteiger partial charge >= 0.3 is 5.97 Å². The van der Waals surface area contributed by atoms with Crippen molar-refractivity contribution in [2.24, 2.45) is 5.92 Å². The van der Waals surface area contributed by atoms with Crippen LogP contribution in [-0.2, 0) is 10.0 Å². The van der Waals surface area contributed by atoms with E-state index in [0.717, 1.165) is 24.2 Å². The molecule has 2 rings (SSSR count). The SMILES string of the molecule is CN(CC1CCC1)S(=O)(=O)c1cc(C(=O)O)cs1. The fourth-order valence-electron chi connectivity index (χ4n) is 1.85. The second-order valence-electron chi connectivity index (χ2n) is 4.54. The lowest BCUT2D eigenvalue weighted by Gasteiger charge is -2.29. The van der Waals surface area contributed by atoms with E-state index in [1.807, 2.05) is 0 Å². The zero-order valence-electron chi connectivity index (χ0n) is 10.00. The molecule has 0 spiro atoms. The summed E-state index contributed by atoms with van der Waals surface area (Å²) in [6, 6.07) is 1.22. The second kappa shape index (κ2) is 4.99. The minimum atomic E-state index is -3.53. The van der Waals surface area contributed by atoms with E-state index in [4.69, 9.17) is 5.11 Å². The summed E-state index contributed by atoms with van der Waals surface area (Å²) in [5, 5.41) is 10.1. The van der Waals surface area contributed by atoms with Gasteiger partial charge in [0.15, 0.2) is 0 Å². The van der Waals surface area contributed by atoms with E-state index in [0.29, 0.717) is 12.5 Å². The van der Waals surface area contributed by atoms with Crippen LogP contribution in [0.15, 0.2) is 15.7 Å². The lowest BCUT2D eigenvalue weighted by molar-refractivity contribution is 0.0697. The number of rotatable bonds is 5. The van der Waals surface area contributed by atoms with Crippen LogP contribution in [0, 0.1) is 5.92 Å². The molecule has 1 N–H and O–H groups in total. The standard InChI is InChI=1S/C11H15NO4S2/c1-12(6-8-3-2-4-8)18(15,16)10-5-9(7-17-10)11(13)14/h5,7-8H,2-4,6H2,1H3,(H,13,14). The molecule has 100 valence electrons. The number of aromatic carboxylic acids is 1. The number of thiophene rings is 1.